The number of carbonyl (C=O) groups excluding carboxylic acids is 1. The minimum Gasteiger partial charge on any atom is -0.391 e. The van der Waals surface area contributed by atoms with Crippen molar-refractivity contribution < 1.29 is 4.79 Å². The SMILES string of the molecule is NC(=O)NCCNc1nc[nH]c(=O)c1N. The van der Waals surface area contributed by atoms with Crippen molar-refractivity contribution in [3.05, 3.63) is 16.7 Å². The summed E-state index contributed by atoms with van der Waals surface area (Å²) in [4.78, 5) is 27.5. The topological polar surface area (TPSA) is 139 Å². The van der Waals surface area contributed by atoms with Gasteiger partial charge in [-0.05, 0) is 0 Å². The summed E-state index contributed by atoms with van der Waals surface area (Å²) in [6, 6.07) is -0.608. The zero-order chi connectivity index (χ0) is 11.3. The fraction of sp³-hybridized carbons (Fsp3) is 0.286. The Hall–Kier alpha value is -2.25. The number of hydrogen-bond donors (Lipinski definition) is 5. The van der Waals surface area contributed by atoms with E-state index < -0.39 is 11.6 Å². The maximum Gasteiger partial charge on any atom is 0.312 e. The third-order valence-corrected chi connectivity index (χ3v) is 1.61. The van der Waals surface area contributed by atoms with Crippen LogP contribution in [0.5, 0.6) is 0 Å². The Bertz CT molecular complexity index is 401. The van der Waals surface area contributed by atoms with Crippen LogP contribution >= 0.6 is 0 Å². The van der Waals surface area contributed by atoms with Crippen LogP contribution in [0.4, 0.5) is 16.3 Å². The van der Waals surface area contributed by atoms with E-state index in [1.54, 1.807) is 0 Å². The molecule has 8 heteroatoms. The van der Waals surface area contributed by atoms with Crippen molar-refractivity contribution in [3.63, 3.8) is 0 Å². The normalized spacial score (nSPS) is 9.60. The standard InChI is InChI=1S/C7H12N6O2/c8-4-5(12-3-13-6(4)14)10-1-2-11-7(9)15/h3H,1-2,8H2,(H3,9,11,15)(H2,10,12,13,14). The molecule has 8 nitrogen and oxygen atoms in total. The van der Waals surface area contributed by atoms with E-state index in [-0.39, 0.29) is 11.5 Å². The third kappa shape index (κ3) is 3.18. The number of urea groups is 1. The highest BCUT2D eigenvalue weighted by Crippen LogP contribution is 2.05. The van der Waals surface area contributed by atoms with Gasteiger partial charge in [0, 0.05) is 13.1 Å². The van der Waals surface area contributed by atoms with Crippen molar-refractivity contribution in [2.75, 3.05) is 24.1 Å². The van der Waals surface area contributed by atoms with Gasteiger partial charge in [-0.15, -0.1) is 0 Å². The molecular formula is C7H12N6O2. The smallest absolute Gasteiger partial charge is 0.312 e. The molecule has 1 heterocycles. The molecule has 0 radical (unpaired) electrons. The highest BCUT2D eigenvalue weighted by molar-refractivity contribution is 5.71. The number of carbonyl (C=O) groups is 1. The number of amides is 2. The number of primary amides is 1. The van der Waals surface area contributed by atoms with Gasteiger partial charge in [0.05, 0.1) is 6.33 Å². The number of aromatic nitrogens is 2. The third-order valence-electron chi connectivity index (χ3n) is 1.61. The van der Waals surface area contributed by atoms with Crippen LogP contribution in [-0.4, -0.2) is 29.1 Å². The second-order valence-corrected chi connectivity index (χ2v) is 2.71. The number of nitrogens with zero attached hydrogens (tertiary/aromatic N) is 1. The van der Waals surface area contributed by atoms with Gasteiger partial charge in [-0.3, -0.25) is 4.79 Å². The molecular weight excluding hydrogens is 200 g/mol. The highest BCUT2D eigenvalue weighted by atomic mass is 16.2. The van der Waals surface area contributed by atoms with Crippen LogP contribution < -0.4 is 27.7 Å². The molecule has 0 aliphatic carbocycles. The summed E-state index contributed by atoms with van der Waals surface area (Å²) >= 11 is 0. The zero-order valence-corrected chi connectivity index (χ0v) is 7.91. The minimum atomic E-state index is -0.608. The van der Waals surface area contributed by atoms with Gasteiger partial charge in [0.2, 0.25) is 0 Å². The summed E-state index contributed by atoms with van der Waals surface area (Å²) < 4.78 is 0. The van der Waals surface area contributed by atoms with Crippen LogP contribution in [0.25, 0.3) is 0 Å². The lowest BCUT2D eigenvalue weighted by atomic mass is 10.4. The van der Waals surface area contributed by atoms with E-state index in [4.69, 9.17) is 11.5 Å². The highest BCUT2D eigenvalue weighted by Gasteiger charge is 2.02. The number of hydrogen-bond acceptors (Lipinski definition) is 5. The molecule has 82 valence electrons. The fourth-order valence-electron chi connectivity index (χ4n) is 0.918. The van der Waals surface area contributed by atoms with Crippen molar-refractivity contribution >= 4 is 17.5 Å². The molecule has 0 saturated carbocycles. The van der Waals surface area contributed by atoms with Crippen LogP contribution in [0, 0.1) is 0 Å². The molecule has 0 saturated heterocycles. The second-order valence-electron chi connectivity index (χ2n) is 2.71. The molecule has 0 fully saturated rings. The summed E-state index contributed by atoms with van der Waals surface area (Å²) in [5.41, 5.74) is 9.90. The van der Waals surface area contributed by atoms with Crippen molar-refractivity contribution in [1.82, 2.24) is 15.3 Å². The number of rotatable bonds is 4. The summed E-state index contributed by atoms with van der Waals surface area (Å²) in [5, 5.41) is 5.15. The van der Waals surface area contributed by atoms with Gasteiger partial charge in [-0.25, -0.2) is 9.78 Å². The molecule has 7 N–H and O–H groups in total. The lowest BCUT2D eigenvalue weighted by molar-refractivity contribution is 0.249. The van der Waals surface area contributed by atoms with Crippen LogP contribution in [0.3, 0.4) is 0 Å². The van der Waals surface area contributed by atoms with E-state index >= 15 is 0 Å². The van der Waals surface area contributed by atoms with Crippen molar-refractivity contribution in [2.45, 2.75) is 0 Å². The molecule has 0 atom stereocenters. The van der Waals surface area contributed by atoms with E-state index in [1.165, 1.54) is 6.33 Å². The molecule has 1 rings (SSSR count). The molecule has 1 aromatic heterocycles. The predicted octanol–water partition coefficient (Wildman–Crippen LogP) is -1.57. The lowest BCUT2D eigenvalue weighted by Gasteiger charge is -2.06. The Morgan fingerprint density at radius 3 is 2.93 bits per heavy atom. The van der Waals surface area contributed by atoms with Gasteiger partial charge in [0.15, 0.2) is 5.82 Å². The van der Waals surface area contributed by atoms with E-state index in [2.05, 4.69) is 20.6 Å². The molecule has 15 heavy (non-hydrogen) atoms. The monoisotopic (exact) mass is 212 g/mol. The van der Waals surface area contributed by atoms with Crippen LogP contribution in [0.15, 0.2) is 11.1 Å². The van der Waals surface area contributed by atoms with E-state index in [9.17, 15) is 9.59 Å². The van der Waals surface area contributed by atoms with Crippen LogP contribution in [0.1, 0.15) is 0 Å². The first kappa shape index (κ1) is 10.8. The minimum absolute atomic E-state index is 0.0107. The lowest BCUT2D eigenvalue weighted by Crippen LogP contribution is -2.33. The van der Waals surface area contributed by atoms with Gasteiger partial charge in [0.1, 0.15) is 5.69 Å². The van der Waals surface area contributed by atoms with E-state index in [1.807, 2.05) is 0 Å². The summed E-state index contributed by atoms with van der Waals surface area (Å²) in [5.74, 6) is 0.282. The maximum absolute atomic E-state index is 11.0. The second kappa shape index (κ2) is 4.84. The quantitative estimate of drug-likeness (QED) is 0.384. The summed E-state index contributed by atoms with van der Waals surface area (Å²) in [6.45, 7) is 0.701. The number of aromatic amines is 1. The zero-order valence-electron chi connectivity index (χ0n) is 7.91. The Morgan fingerprint density at radius 1 is 1.53 bits per heavy atom. The first-order valence-corrected chi connectivity index (χ1v) is 4.21. The first-order valence-electron chi connectivity index (χ1n) is 4.21. The Kier molecular flexibility index (Phi) is 3.49. The Morgan fingerprint density at radius 2 is 2.27 bits per heavy atom. The summed E-state index contributed by atoms with van der Waals surface area (Å²) in [6.07, 6.45) is 1.24. The van der Waals surface area contributed by atoms with Crippen molar-refractivity contribution in [1.29, 1.82) is 0 Å². The number of anilines is 2. The van der Waals surface area contributed by atoms with Crippen molar-refractivity contribution in [2.24, 2.45) is 5.73 Å². The Labute approximate surface area is 85.1 Å². The molecule has 0 aliphatic rings. The average Bonchev–Trinajstić information content (AvgIpc) is 2.18. The Balaban J connectivity index is 2.48. The van der Waals surface area contributed by atoms with Gasteiger partial charge in [0.25, 0.3) is 5.56 Å². The maximum atomic E-state index is 11.0. The largest absolute Gasteiger partial charge is 0.391 e. The number of H-pyrrole nitrogens is 1. The summed E-state index contributed by atoms with van der Waals surface area (Å²) in [7, 11) is 0. The predicted molar refractivity (Wildman–Crippen MR) is 55.3 cm³/mol. The van der Waals surface area contributed by atoms with Gasteiger partial charge >= 0.3 is 6.03 Å². The molecule has 0 bridgehead atoms. The molecule has 0 aliphatic heterocycles. The molecule has 2 amide bonds. The molecule has 1 aromatic rings. The number of nitrogens with two attached hydrogens (primary N) is 2. The fourth-order valence-corrected chi connectivity index (χ4v) is 0.918. The van der Waals surface area contributed by atoms with E-state index in [0.29, 0.717) is 13.1 Å². The van der Waals surface area contributed by atoms with Gasteiger partial charge in [-0.1, -0.05) is 0 Å². The molecule has 0 spiro atoms. The van der Waals surface area contributed by atoms with Gasteiger partial charge < -0.3 is 27.1 Å². The van der Waals surface area contributed by atoms with Crippen LogP contribution in [0.2, 0.25) is 0 Å². The molecule has 0 aromatic carbocycles. The van der Waals surface area contributed by atoms with Gasteiger partial charge in [-0.2, -0.15) is 0 Å². The first-order chi connectivity index (χ1) is 7.11. The number of nitrogen functional groups attached to an aromatic ring is 1. The van der Waals surface area contributed by atoms with Crippen LogP contribution in [-0.2, 0) is 0 Å². The molecule has 0 unspecified atom stereocenters. The van der Waals surface area contributed by atoms with E-state index in [0.717, 1.165) is 0 Å². The van der Waals surface area contributed by atoms with Crippen molar-refractivity contribution in [3.8, 4) is 0 Å². The number of nitrogens with one attached hydrogen (secondary N) is 3. The average molecular weight is 212 g/mol.